The predicted molar refractivity (Wildman–Crippen MR) is 154 cm³/mol. The van der Waals surface area contributed by atoms with E-state index in [1.165, 1.54) is 37.7 Å². The molecule has 0 spiro atoms. The topological polar surface area (TPSA) is 95.5 Å². The molecule has 3 aromatic carbocycles. The van der Waals surface area contributed by atoms with E-state index < -0.39 is 11.9 Å². The van der Waals surface area contributed by atoms with Crippen LogP contribution in [0.4, 0.5) is 5.69 Å². The number of aryl methyl sites for hydroxylation is 2. The van der Waals surface area contributed by atoms with Gasteiger partial charge in [-0.05, 0) is 91.1 Å². The molecule has 2 amide bonds. The summed E-state index contributed by atoms with van der Waals surface area (Å²) in [7, 11) is 0. The van der Waals surface area contributed by atoms with Crippen LogP contribution >= 0.6 is 0 Å². The Labute approximate surface area is 230 Å². The third kappa shape index (κ3) is 8.03. The van der Waals surface area contributed by atoms with Crippen molar-refractivity contribution in [3.63, 3.8) is 0 Å². The van der Waals surface area contributed by atoms with Crippen LogP contribution in [0.3, 0.4) is 0 Å². The quantitative estimate of drug-likeness (QED) is 0.280. The fraction of sp³-hybridized carbons (Fsp3) is 0.364. The van der Waals surface area contributed by atoms with Crippen LogP contribution in [-0.4, -0.2) is 29.4 Å². The van der Waals surface area contributed by atoms with Crippen molar-refractivity contribution in [1.82, 2.24) is 5.32 Å². The standard InChI is InChI=1S/C33H38N2O4/c1-22-18-23(2)20-29(19-22)35-33(39)30(27-14-12-26(13-15-27)25-6-4-3-5-7-25)21-24-8-10-28(11-9-24)32(38)34-17-16-31(36)37/h8-15,18-20,25,30H,3-7,16-17,21H2,1-2H3,(H,34,38)(H,35,39)(H,36,37). The minimum absolute atomic E-state index is 0.0686. The highest BCUT2D eigenvalue weighted by molar-refractivity contribution is 5.96. The molecule has 1 unspecified atom stereocenters. The van der Waals surface area contributed by atoms with Crippen LogP contribution in [0.15, 0.2) is 66.7 Å². The van der Waals surface area contributed by atoms with Gasteiger partial charge in [-0.25, -0.2) is 0 Å². The molecular weight excluding hydrogens is 488 g/mol. The molecule has 0 aromatic heterocycles. The lowest BCUT2D eigenvalue weighted by Gasteiger charge is -2.23. The molecule has 1 aliphatic rings. The molecule has 3 N–H and O–H groups in total. The molecule has 0 saturated heterocycles. The normalized spacial score (nSPS) is 14.4. The van der Waals surface area contributed by atoms with E-state index in [1.807, 2.05) is 38.1 Å². The molecule has 1 atom stereocenters. The maximum Gasteiger partial charge on any atom is 0.305 e. The summed E-state index contributed by atoms with van der Waals surface area (Å²) in [5.74, 6) is -1.14. The van der Waals surface area contributed by atoms with E-state index in [-0.39, 0.29) is 24.8 Å². The third-order valence-electron chi connectivity index (χ3n) is 7.50. The van der Waals surface area contributed by atoms with Crippen LogP contribution in [-0.2, 0) is 16.0 Å². The van der Waals surface area contributed by atoms with Crippen LogP contribution in [0.2, 0.25) is 0 Å². The first kappa shape index (κ1) is 28.1. The van der Waals surface area contributed by atoms with Crippen LogP contribution in [0.1, 0.15) is 88.5 Å². The van der Waals surface area contributed by atoms with Crippen LogP contribution in [0, 0.1) is 13.8 Å². The monoisotopic (exact) mass is 526 g/mol. The molecule has 0 radical (unpaired) electrons. The maximum absolute atomic E-state index is 13.7. The largest absolute Gasteiger partial charge is 0.481 e. The molecule has 0 heterocycles. The third-order valence-corrected chi connectivity index (χ3v) is 7.50. The lowest BCUT2D eigenvalue weighted by molar-refractivity contribution is -0.136. The Bertz CT molecular complexity index is 1270. The van der Waals surface area contributed by atoms with E-state index in [4.69, 9.17) is 5.11 Å². The van der Waals surface area contributed by atoms with Crippen LogP contribution in [0.25, 0.3) is 0 Å². The Hall–Kier alpha value is -3.93. The van der Waals surface area contributed by atoms with E-state index in [0.717, 1.165) is 27.9 Å². The second-order valence-corrected chi connectivity index (χ2v) is 10.7. The molecule has 1 aliphatic carbocycles. The molecule has 4 rings (SSSR count). The zero-order valence-corrected chi connectivity index (χ0v) is 22.8. The van der Waals surface area contributed by atoms with Crippen molar-refractivity contribution < 1.29 is 19.5 Å². The number of anilines is 1. The molecule has 204 valence electrons. The molecule has 0 bridgehead atoms. The first-order chi connectivity index (χ1) is 18.8. The fourth-order valence-corrected chi connectivity index (χ4v) is 5.49. The average molecular weight is 527 g/mol. The number of nitrogens with one attached hydrogen (secondary N) is 2. The van der Waals surface area contributed by atoms with E-state index in [0.29, 0.717) is 17.9 Å². The van der Waals surface area contributed by atoms with Gasteiger partial charge in [0, 0.05) is 17.8 Å². The van der Waals surface area contributed by atoms with Crippen molar-refractivity contribution in [2.24, 2.45) is 0 Å². The van der Waals surface area contributed by atoms with Crippen molar-refractivity contribution in [2.45, 2.75) is 70.6 Å². The molecule has 1 saturated carbocycles. The predicted octanol–water partition coefficient (Wildman–Crippen LogP) is 6.52. The van der Waals surface area contributed by atoms with E-state index in [1.54, 1.807) is 12.1 Å². The molecule has 3 aromatic rings. The number of carboxylic acids is 1. The Morgan fingerprint density at radius 2 is 1.51 bits per heavy atom. The number of amides is 2. The van der Waals surface area contributed by atoms with E-state index in [9.17, 15) is 14.4 Å². The zero-order chi connectivity index (χ0) is 27.8. The van der Waals surface area contributed by atoms with Gasteiger partial charge in [-0.1, -0.05) is 61.7 Å². The molecule has 6 nitrogen and oxygen atoms in total. The van der Waals surface area contributed by atoms with Gasteiger partial charge in [-0.3, -0.25) is 14.4 Å². The summed E-state index contributed by atoms with van der Waals surface area (Å²) in [5.41, 5.74) is 6.69. The molecule has 6 heteroatoms. The second kappa shape index (κ2) is 13.2. The summed E-state index contributed by atoms with van der Waals surface area (Å²) in [6.45, 7) is 4.11. The summed E-state index contributed by atoms with van der Waals surface area (Å²) in [6, 6.07) is 21.8. The molecule has 1 fully saturated rings. The fourth-order valence-electron chi connectivity index (χ4n) is 5.49. The summed E-state index contributed by atoms with van der Waals surface area (Å²) >= 11 is 0. The minimum atomic E-state index is -0.956. The van der Waals surface area contributed by atoms with Crippen molar-refractivity contribution in [1.29, 1.82) is 0 Å². The van der Waals surface area contributed by atoms with Gasteiger partial charge in [-0.2, -0.15) is 0 Å². The SMILES string of the molecule is Cc1cc(C)cc(NC(=O)C(Cc2ccc(C(=O)NCCC(=O)O)cc2)c2ccc(C3CCCCC3)cc2)c1. The van der Waals surface area contributed by atoms with Crippen LogP contribution in [0.5, 0.6) is 0 Å². The summed E-state index contributed by atoms with van der Waals surface area (Å²) in [6.07, 6.45) is 6.69. The van der Waals surface area contributed by atoms with E-state index >= 15 is 0 Å². The highest BCUT2D eigenvalue weighted by atomic mass is 16.4. The highest BCUT2D eigenvalue weighted by Gasteiger charge is 2.23. The van der Waals surface area contributed by atoms with Gasteiger partial charge in [0.15, 0.2) is 0 Å². The Kier molecular flexibility index (Phi) is 9.53. The number of hydrogen-bond donors (Lipinski definition) is 3. The number of carbonyl (C=O) groups is 3. The van der Waals surface area contributed by atoms with Crippen molar-refractivity contribution >= 4 is 23.5 Å². The number of carbonyl (C=O) groups excluding carboxylic acids is 2. The Balaban J connectivity index is 1.53. The Morgan fingerprint density at radius 3 is 2.13 bits per heavy atom. The van der Waals surface area contributed by atoms with Gasteiger partial charge in [0.1, 0.15) is 0 Å². The number of hydrogen-bond acceptors (Lipinski definition) is 3. The summed E-state index contributed by atoms with van der Waals surface area (Å²) < 4.78 is 0. The zero-order valence-electron chi connectivity index (χ0n) is 22.8. The van der Waals surface area contributed by atoms with Gasteiger partial charge in [0.25, 0.3) is 5.91 Å². The lowest BCUT2D eigenvalue weighted by atomic mass is 9.83. The summed E-state index contributed by atoms with van der Waals surface area (Å²) in [5, 5.41) is 14.5. The minimum Gasteiger partial charge on any atom is -0.481 e. The van der Waals surface area contributed by atoms with Crippen molar-refractivity contribution in [3.05, 3.63) is 100 Å². The average Bonchev–Trinajstić information content (AvgIpc) is 2.92. The van der Waals surface area contributed by atoms with Gasteiger partial charge in [-0.15, -0.1) is 0 Å². The first-order valence-corrected chi connectivity index (χ1v) is 13.9. The smallest absolute Gasteiger partial charge is 0.305 e. The molecule has 0 aliphatic heterocycles. The second-order valence-electron chi connectivity index (χ2n) is 10.7. The lowest BCUT2D eigenvalue weighted by Crippen LogP contribution is -2.26. The molecular formula is C33H38N2O4. The number of benzene rings is 3. The van der Waals surface area contributed by atoms with Crippen molar-refractivity contribution in [2.75, 3.05) is 11.9 Å². The van der Waals surface area contributed by atoms with Gasteiger partial charge >= 0.3 is 5.97 Å². The Morgan fingerprint density at radius 1 is 0.872 bits per heavy atom. The van der Waals surface area contributed by atoms with Crippen molar-refractivity contribution in [3.8, 4) is 0 Å². The number of carboxylic acid groups (broad SMARTS) is 1. The van der Waals surface area contributed by atoms with Crippen LogP contribution < -0.4 is 10.6 Å². The number of rotatable bonds is 10. The van der Waals surface area contributed by atoms with E-state index in [2.05, 4.69) is 41.0 Å². The summed E-state index contributed by atoms with van der Waals surface area (Å²) in [4.78, 5) is 36.7. The van der Waals surface area contributed by atoms with Gasteiger partial charge < -0.3 is 15.7 Å². The van der Waals surface area contributed by atoms with Gasteiger partial charge in [0.05, 0.1) is 12.3 Å². The number of aliphatic carboxylic acids is 1. The molecule has 39 heavy (non-hydrogen) atoms. The first-order valence-electron chi connectivity index (χ1n) is 13.9. The highest BCUT2D eigenvalue weighted by Crippen LogP contribution is 2.34. The van der Waals surface area contributed by atoms with Gasteiger partial charge in [0.2, 0.25) is 5.91 Å². The maximum atomic E-state index is 13.7.